The van der Waals surface area contributed by atoms with Gasteiger partial charge >= 0.3 is 0 Å². The Morgan fingerprint density at radius 3 is 2.77 bits per heavy atom. The molecule has 6 N–H and O–H groups in total. The summed E-state index contributed by atoms with van der Waals surface area (Å²) in [5.41, 5.74) is 14.8. The van der Waals surface area contributed by atoms with Gasteiger partial charge in [0.15, 0.2) is 0 Å². The topological polar surface area (TPSA) is 134 Å². The Hall–Kier alpha value is -2.97. The molecule has 1 saturated carbocycles. The van der Waals surface area contributed by atoms with Crippen LogP contribution in [0.1, 0.15) is 24.5 Å². The molecule has 162 valence electrons. The third-order valence-electron chi connectivity index (χ3n) is 6.99. The quantitative estimate of drug-likeness (QED) is 0.499. The van der Waals surface area contributed by atoms with E-state index in [1.807, 2.05) is 6.07 Å². The van der Waals surface area contributed by atoms with E-state index in [1.165, 1.54) is 6.33 Å². The Labute approximate surface area is 180 Å². The number of nitrogen functional groups attached to an aromatic ring is 2. The average Bonchev–Trinajstić information content (AvgIpc) is 3.30. The molecule has 1 aromatic carbocycles. The molecule has 5 atom stereocenters. The van der Waals surface area contributed by atoms with Gasteiger partial charge in [-0.3, -0.25) is 0 Å². The third kappa shape index (κ3) is 3.45. The zero-order valence-corrected chi connectivity index (χ0v) is 17.5. The fourth-order valence-electron chi connectivity index (χ4n) is 5.31. The first-order valence-corrected chi connectivity index (χ1v) is 10.8. The Morgan fingerprint density at radius 2 is 1.94 bits per heavy atom. The molecule has 8 nitrogen and oxygen atoms in total. The molecule has 0 bridgehead atoms. The van der Waals surface area contributed by atoms with Crippen molar-refractivity contribution in [3.8, 4) is 0 Å². The summed E-state index contributed by atoms with van der Waals surface area (Å²) >= 11 is 0. The predicted octanol–water partition coefficient (Wildman–Crippen LogP) is 1.54. The van der Waals surface area contributed by atoms with Crippen LogP contribution in [0.15, 0.2) is 36.7 Å². The Bertz CT molecular complexity index is 1120. The highest BCUT2D eigenvalue weighted by molar-refractivity contribution is 5.80. The summed E-state index contributed by atoms with van der Waals surface area (Å²) in [6.45, 7) is 2.86. The summed E-state index contributed by atoms with van der Waals surface area (Å²) in [5.74, 6) is 1.95. The first-order valence-electron chi connectivity index (χ1n) is 10.8. The van der Waals surface area contributed by atoms with Gasteiger partial charge < -0.3 is 26.6 Å². The van der Waals surface area contributed by atoms with Gasteiger partial charge in [-0.15, -0.1) is 0 Å². The van der Waals surface area contributed by atoms with Crippen LogP contribution in [0.25, 0.3) is 10.9 Å². The molecule has 2 aliphatic rings. The van der Waals surface area contributed by atoms with Crippen molar-refractivity contribution in [3.05, 3.63) is 47.8 Å². The van der Waals surface area contributed by atoms with Gasteiger partial charge in [0.25, 0.3) is 0 Å². The Balaban J connectivity index is 1.34. The standard InChI is InChI=1S/C23H28N6O2/c1-12(8-13-2-3-14-4-5-19(24)28-17(14)9-13)16-10-18(21(31)20(16)30)29-7-6-15-22(25)26-11-27-23(15)29/h2-5,9,11-12,16,18,20-21,30-31H,6-8,10H2,1H3,(H2,24,28)(H2,25,26,27)/t12-,16-,18-,20-,21+/m1/s1. The minimum atomic E-state index is -0.826. The van der Waals surface area contributed by atoms with E-state index < -0.39 is 12.2 Å². The Kier molecular flexibility index (Phi) is 4.91. The van der Waals surface area contributed by atoms with Crippen LogP contribution in [0.3, 0.4) is 0 Å². The fraction of sp³-hybridized carbons (Fsp3) is 0.435. The largest absolute Gasteiger partial charge is 0.390 e. The first kappa shape index (κ1) is 20.0. The number of hydrogen-bond acceptors (Lipinski definition) is 8. The highest BCUT2D eigenvalue weighted by Gasteiger charge is 2.47. The molecule has 0 amide bonds. The number of aliphatic hydroxyl groups is 2. The minimum Gasteiger partial charge on any atom is -0.390 e. The van der Waals surface area contributed by atoms with Crippen molar-refractivity contribution in [1.29, 1.82) is 0 Å². The molecular formula is C23H28N6O2. The predicted molar refractivity (Wildman–Crippen MR) is 120 cm³/mol. The van der Waals surface area contributed by atoms with Gasteiger partial charge in [0.05, 0.1) is 17.7 Å². The highest BCUT2D eigenvalue weighted by Crippen LogP contribution is 2.41. The van der Waals surface area contributed by atoms with Crippen molar-refractivity contribution >= 4 is 28.4 Å². The van der Waals surface area contributed by atoms with E-state index in [0.717, 1.165) is 47.2 Å². The number of aliphatic hydroxyl groups excluding tert-OH is 2. The smallest absolute Gasteiger partial charge is 0.137 e. The first-order chi connectivity index (χ1) is 14.9. The minimum absolute atomic E-state index is 0.0206. The van der Waals surface area contributed by atoms with Gasteiger partial charge in [-0.1, -0.05) is 19.1 Å². The monoisotopic (exact) mass is 420 g/mol. The molecule has 0 spiro atoms. The van der Waals surface area contributed by atoms with Gasteiger partial charge in [0.2, 0.25) is 0 Å². The SMILES string of the molecule is C[C@H](Cc1ccc2ccc(N)nc2c1)[C@H]1C[C@@H](N2CCc3c(N)ncnc32)[C@H](O)[C@@H]1O. The van der Waals surface area contributed by atoms with Gasteiger partial charge in [0, 0.05) is 17.5 Å². The van der Waals surface area contributed by atoms with Crippen molar-refractivity contribution in [2.45, 2.75) is 44.4 Å². The fourth-order valence-corrected chi connectivity index (χ4v) is 5.31. The molecule has 3 heterocycles. The molecule has 5 rings (SSSR count). The van der Waals surface area contributed by atoms with E-state index in [-0.39, 0.29) is 17.9 Å². The molecule has 31 heavy (non-hydrogen) atoms. The summed E-state index contributed by atoms with van der Waals surface area (Å²) in [4.78, 5) is 15.0. The van der Waals surface area contributed by atoms with Gasteiger partial charge in [0.1, 0.15) is 29.9 Å². The molecule has 1 fully saturated rings. The maximum absolute atomic E-state index is 10.9. The molecule has 1 aliphatic heterocycles. The van der Waals surface area contributed by atoms with Crippen LogP contribution in [0.4, 0.5) is 17.5 Å². The highest BCUT2D eigenvalue weighted by atomic mass is 16.3. The number of nitrogens with zero attached hydrogens (tertiary/aromatic N) is 4. The summed E-state index contributed by atoms with van der Waals surface area (Å²) in [5, 5.41) is 22.8. The summed E-state index contributed by atoms with van der Waals surface area (Å²) in [6.07, 6.45) is 2.11. The lowest BCUT2D eigenvalue weighted by Crippen LogP contribution is -2.43. The second-order valence-corrected chi connectivity index (χ2v) is 8.90. The normalized spacial score (nSPS) is 26.4. The summed E-state index contributed by atoms with van der Waals surface area (Å²) in [6, 6.07) is 9.80. The zero-order chi connectivity index (χ0) is 21.7. The number of rotatable bonds is 4. The van der Waals surface area contributed by atoms with Crippen LogP contribution in [-0.2, 0) is 12.8 Å². The van der Waals surface area contributed by atoms with Crippen molar-refractivity contribution in [1.82, 2.24) is 15.0 Å². The van der Waals surface area contributed by atoms with Gasteiger partial charge in [-0.2, -0.15) is 0 Å². The zero-order valence-electron chi connectivity index (χ0n) is 17.5. The molecule has 0 radical (unpaired) electrons. The van der Waals surface area contributed by atoms with Crippen LogP contribution < -0.4 is 16.4 Å². The van der Waals surface area contributed by atoms with E-state index >= 15 is 0 Å². The lowest BCUT2D eigenvalue weighted by Gasteiger charge is -2.28. The number of aromatic nitrogens is 3. The van der Waals surface area contributed by atoms with E-state index in [9.17, 15) is 10.2 Å². The maximum Gasteiger partial charge on any atom is 0.137 e. The Morgan fingerprint density at radius 1 is 1.13 bits per heavy atom. The average molecular weight is 421 g/mol. The summed E-state index contributed by atoms with van der Waals surface area (Å²) < 4.78 is 0. The number of fused-ring (bicyclic) bond motifs is 2. The van der Waals surface area contributed by atoms with Gasteiger partial charge in [-0.25, -0.2) is 15.0 Å². The second-order valence-electron chi connectivity index (χ2n) is 8.90. The van der Waals surface area contributed by atoms with Crippen molar-refractivity contribution in [3.63, 3.8) is 0 Å². The van der Waals surface area contributed by atoms with E-state index in [1.54, 1.807) is 6.07 Å². The lowest BCUT2D eigenvalue weighted by atomic mass is 9.85. The van der Waals surface area contributed by atoms with Crippen LogP contribution in [0.5, 0.6) is 0 Å². The molecule has 2 aromatic heterocycles. The maximum atomic E-state index is 10.9. The second kappa shape index (κ2) is 7.62. The van der Waals surface area contributed by atoms with E-state index in [2.05, 4.69) is 45.0 Å². The van der Waals surface area contributed by atoms with Gasteiger partial charge in [-0.05, 0) is 54.9 Å². The van der Waals surface area contributed by atoms with Crippen LogP contribution in [0.2, 0.25) is 0 Å². The lowest BCUT2D eigenvalue weighted by molar-refractivity contribution is 0.00345. The van der Waals surface area contributed by atoms with Crippen molar-refractivity contribution < 1.29 is 10.2 Å². The van der Waals surface area contributed by atoms with Crippen LogP contribution in [0, 0.1) is 11.8 Å². The summed E-state index contributed by atoms with van der Waals surface area (Å²) in [7, 11) is 0. The molecule has 8 heteroatoms. The molecule has 0 unspecified atom stereocenters. The molecule has 1 aliphatic carbocycles. The molecular weight excluding hydrogens is 392 g/mol. The van der Waals surface area contributed by atoms with Crippen molar-refractivity contribution in [2.75, 3.05) is 22.9 Å². The van der Waals surface area contributed by atoms with Crippen LogP contribution in [-0.4, -0.2) is 50.0 Å². The molecule has 0 saturated heterocycles. The van der Waals surface area contributed by atoms with E-state index in [4.69, 9.17) is 11.5 Å². The number of hydrogen-bond donors (Lipinski definition) is 4. The number of benzene rings is 1. The van der Waals surface area contributed by atoms with Crippen LogP contribution >= 0.6 is 0 Å². The van der Waals surface area contributed by atoms with Crippen molar-refractivity contribution in [2.24, 2.45) is 11.8 Å². The molecule has 3 aromatic rings. The van der Waals surface area contributed by atoms with E-state index in [0.29, 0.717) is 18.1 Å². The number of pyridine rings is 1. The number of anilines is 3. The number of nitrogens with two attached hydrogens (primary N) is 2. The third-order valence-corrected chi connectivity index (χ3v) is 6.99.